The Kier molecular flexibility index (Phi) is 6.27. The highest BCUT2D eigenvalue weighted by Gasteiger charge is 2.16. The molecule has 0 saturated carbocycles. The van der Waals surface area contributed by atoms with E-state index in [1.807, 2.05) is 46.8 Å². The Bertz CT molecular complexity index is 493. The van der Waals surface area contributed by atoms with Crippen LogP contribution in [-0.2, 0) is 11.3 Å². The van der Waals surface area contributed by atoms with Gasteiger partial charge in [-0.1, -0.05) is 26.0 Å². The molecule has 1 rings (SSSR count). The highest BCUT2D eigenvalue weighted by atomic mass is 16.6. The molecule has 0 aliphatic carbocycles. The second-order valence-corrected chi connectivity index (χ2v) is 7.12. The Balaban J connectivity index is 2.68. The molecule has 4 nitrogen and oxygen atoms in total. The number of carbonyl (C=O) groups excluding carboxylic acids is 1. The predicted octanol–water partition coefficient (Wildman–Crippen LogP) is 4.36. The zero-order chi connectivity index (χ0) is 16.9. The van der Waals surface area contributed by atoms with Crippen LogP contribution >= 0.6 is 0 Å². The van der Waals surface area contributed by atoms with Crippen molar-refractivity contribution in [2.24, 2.45) is 5.92 Å². The van der Waals surface area contributed by atoms with Crippen molar-refractivity contribution in [2.75, 3.05) is 6.61 Å². The van der Waals surface area contributed by atoms with Gasteiger partial charge in [-0.25, -0.2) is 4.79 Å². The summed E-state index contributed by atoms with van der Waals surface area (Å²) in [5.41, 5.74) is 2.73. The van der Waals surface area contributed by atoms with Gasteiger partial charge in [-0.15, -0.1) is 0 Å². The molecule has 124 valence electrons. The first-order chi connectivity index (χ1) is 10.1. The number of aryl methyl sites for hydroxylation is 2. The molecule has 4 heteroatoms. The molecule has 0 aromatic heterocycles. The quantitative estimate of drug-likeness (QED) is 0.879. The smallest absolute Gasteiger partial charge is 0.407 e. The average Bonchev–Trinajstić information content (AvgIpc) is 2.33. The number of ether oxygens (including phenoxy) is 2. The Morgan fingerprint density at radius 2 is 1.73 bits per heavy atom. The van der Waals surface area contributed by atoms with Crippen molar-refractivity contribution in [3.63, 3.8) is 0 Å². The van der Waals surface area contributed by atoms with Crippen molar-refractivity contribution < 1.29 is 14.3 Å². The largest absolute Gasteiger partial charge is 0.493 e. The Morgan fingerprint density at radius 1 is 1.18 bits per heavy atom. The molecule has 0 aliphatic heterocycles. The minimum absolute atomic E-state index is 0.400. The second kappa shape index (κ2) is 7.52. The summed E-state index contributed by atoms with van der Waals surface area (Å²) in [6, 6.07) is 4.08. The number of nitrogens with one attached hydrogen (secondary N) is 1. The van der Waals surface area contributed by atoms with Crippen LogP contribution in [0.4, 0.5) is 4.79 Å². The van der Waals surface area contributed by atoms with Crippen molar-refractivity contribution in [3.05, 3.63) is 28.8 Å². The molecule has 0 saturated heterocycles. The van der Waals surface area contributed by atoms with E-state index in [1.165, 1.54) is 0 Å². The molecule has 0 aliphatic rings. The molecule has 1 amide bonds. The Hall–Kier alpha value is -1.71. The molecule has 0 atom stereocenters. The second-order valence-electron chi connectivity index (χ2n) is 7.12. The standard InChI is InChI=1S/C18H29NO3/c1-12(2)11-21-16-13(3)8-15(9-14(16)4)10-19-17(20)22-18(5,6)7/h8-9,12H,10-11H2,1-7H3,(H,19,20). The van der Waals surface area contributed by atoms with Gasteiger partial charge >= 0.3 is 6.09 Å². The highest BCUT2D eigenvalue weighted by Crippen LogP contribution is 2.25. The summed E-state index contributed by atoms with van der Waals surface area (Å²) in [4.78, 5) is 11.7. The lowest BCUT2D eigenvalue weighted by Gasteiger charge is -2.20. The van der Waals surface area contributed by atoms with E-state index in [4.69, 9.17) is 9.47 Å². The topological polar surface area (TPSA) is 47.6 Å². The molecule has 1 aromatic rings. The van der Waals surface area contributed by atoms with Crippen LogP contribution in [0.1, 0.15) is 51.3 Å². The first kappa shape index (κ1) is 18.3. The molecule has 0 heterocycles. The SMILES string of the molecule is Cc1cc(CNC(=O)OC(C)(C)C)cc(C)c1OCC(C)C. The number of hydrogen-bond donors (Lipinski definition) is 1. The number of alkyl carbamates (subject to hydrolysis) is 1. The maximum atomic E-state index is 11.7. The minimum atomic E-state index is -0.482. The molecule has 1 aromatic carbocycles. The summed E-state index contributed by atoms with van der Waals surface area (Å²) in [5.74, 6) is 1.43. The molecule has 0 radical (unpaired) electrons. The minimum Gasteiger partial charge on any atom is -0.493 e. The Labute approximate surface area is 134 Å². The zero-order valence-corrected chi connectivity index (χ0v) is 14.9. The van der Waals surface area contributed by atoms with Gasteiger partial charge in [-0.3, -0.25) is 0 Å². The molecule has 22 heavy (non-hydrogen) atoms. The zero-order valence-electron chi connectivity index (χ0n) is 14.9. The summed E-state index contributed by atoms with van der Waals surface area (Å²) in [6.45, 7) is 15.0. The van der Waals surface area contributed by atoms with Crippen LogP contribution in [0.2, 0.25) is 0 Å². The fourth-order valence-electron chi connectivity index (χ4n) is 2.11. The van der Waals surface area contributed by atoms with E-state index in [-0.39, 0.29) is 0 Å². The van der Waals surface area contributed by atoms with Crippen LogP contribution in [-0.4, -0.2) is 18.3 Å². The van der Waals surface area contributed by atoms with Crippen molar-refractivity contribution in [1.82, 2.24) is 5.32 Å². The summed E-state index contributed by atoms with van der Waals surface area (Å²) < 4.78 is 11.1. The van der Waals surface area contributed by atoms with Crippen molar-refractivity contribution >= 4 is 6.09 Å². The summed E-state index contributed by atoms with van der Waals surface area (Å²) in [7, 11) is 0. The van der Waals surface area contributed by atoms with Gasteiger partial charge in [-0.2, -0.15) is 0 Å². The van der Waals surface area contributed by atoms with Crippen molar-refractivity contribution in [2.45, 2.75) is 60.6 Å². The number of benzene rings is 1. The van der Waals surface area contributed by atoms with E-state index in [1.54, 1.807) is 0 Å². The van der Waals surface area contributed by atoms with Gasteiger partial charge in [-0.05, 0) is 57.2 Å². The summed E-state index contributed by atoms with van der Waals surface area (Å²) in [5, 5.41) is 2.78. The highest BCUT2D eigenvalue weighted by molar-refractivity contribution is 5.67. The Morgan fingerprint density at radius 3 is 2.18 bits per heavy atom. The molecule has 1 N–H and O–H groups in total. The molecule has 0 bridgehead atoms. The number of carbonyl (C=O) groups is 1. The third-order valence-electron chi connectivity index (χ3n) is 2.92. The maximum Gasteiger partial charge on any atom is 0.407 e. The summed E-state index contributed by atoms with van der Waals surface area (Å²) in [6.07, 6.45) is -0.400. The molecule has 0 fully saturated rings. The molecule has 0 unspecified atom stereocenters. The van der Waals surface area contributed by atoms with Gasteiger partial charge in [0.25, 0.3) is 0 Å². The number of amides is 1. The van der Waals surface area contributed by atoms with E-state index < -0.39 is 11.7 Å². The maximum absolute atomic E-state index is 11.7. The van der Waals surface area contributed by atoms with E-state index in [2.05, 4.69) is 19.2 Å². The first-order valence-electron chi connectivity index (χ1n) is 7.78. The van der Waals surface area contributed by atoms with Crippen LogP contribution in [0.3, 0.4) is 0 Å². The average molecular weight is 307 g/mol. The molecular weight excluding hydrogens is 278 g/mol. The van der Waals surface area contributed by atoms with Crippen LogP contribution in [0.5, 0.6) is 5.75 Å². The van der Waals surface area contributed by atoms with Crippen LogP contribution < -0.4 is 10.1 Å². The van der Waals surface area contributed by atoms with E-state index in [0.717, 1.165) is 22.4 Å². The van der Waals surface area contributed by atoms with Gasteiger partial charge in [0, 0.05) is 6.54 Å². The molecule has 0 spiro atoms. The lowest BCUT2D eigenvalue weighted by atomic mass is 10.1. The van der Waals surface area contributed by atoms with Gasteiger partial charge in [0.1, 0.15) is 11.4 Å². The number of hydrogen-bond acceptors (Lipinski definition) is 3. The normalized spacial score (nSPS) is 11.5. The van der Waals surface area contributed by atoms with Crippen LogP contribution in [0.25, 0.3) is 0 Å². The number of rotatable bonds is 5. The van der Waals surface area contributed by atoms with Gasteiger partial charge in [0.2, 0.25) is 0 Å². The van der Waals surface area contributed by atoms with Gasteiger partial charge in [0.15, 0.2) is 0 Å². The lowest BCUT2D eigenvalue weighted by Crippen LogP contribution is -2.32. The predicted molar refractivity (Wildman–Crippen MR) is 89.3 cm³/mol. The van der Waals surface area contributed by atoms with Crippen molar-refractivity contribution in [1.29, 1.82) is 0 Å². The first-order valence-corrected chi connectivity index (χ1v) is 7.78. The molecular formula is C18H29NO3. The van der Waals surface area contributed by atoms with E-state index in [9.17, 15) is 4.79 Å². The summed E-state index contributed by atoms with van der Waals surface area (Å²) >= 11 is 0. The van der Waals surface area contributed by atoms with Crippen LogP contribution in [0.15, 0.2) is 12.1 Å². The monoisotopic (exact) mass is 307 g/mol. The fourth-order valence-corrected chi connectivity index (χ4v) is 2.11. The third-order valence-corrected chi connectivity index (χ3v) is 2.92. The van der Waals surface area contributed by atoms with E-state index in [0.29, 0.717) is 19.1 Å². The van der Waals surface area contributed by atoms with Crippen LogP contribution in [0, 0.1) is 19.8 Å². The van der Waals surface area contributed by atoms with Gasteiger partial charge < -0.3 is 14.8 Å². The third kappa shape index (κ3) is 6.37. The van der Waals surface area contributed by atoms with Gasteiger partial charge in [0.05, 0.1) is 6.61 Å². The van der Waals surface area contributed by atoms with E-state index >= 15 is 0 Å². The fraction of sp³-hybridized carbons (Fsp3) is 0.611. The lowest BCUT2D eigenvalue weighted by molar-refractivity contribution is 0.0523. The van der Waals surface area contributed by atoms with Crippen molar-refractivity contribution in [3.8, 4) is 5.75 Å².